The summed E-state index contributed by atoms with van der Waals surface area (Å²) in [4.78, 5) is 38.3. The number of nitrogens with one attached hydrogen (secondary N) is 2. The van der Waals surface area contributed by atoms with Crippen molar-refractivity contribution >= 4 is 39.3 Å². The van der Waals surface area contributed by atoms with Crippen LogP contribution < -0.4 is 15.8 Å². The molecular formula is C19H18BrN3O3. The number of rotatable bonds is 3. The maximum Gasteiger partial charge on any atom is 0.269 e. The van der Waals surface area contributed by atoms with Crippen LogP contribution in [-0.4, -0.2) is 24.3 Å². The number of carbonyl (C=O) groups excluding carboxylic acids is 3. The number of nitrogens with zero attached hydrogens (tertiary/aromatic N) is 1. The Balaban J connectivity index is 1.59. The van der Waals surface area contributed by atoms with Crippen molar-refractivity contribution in [3.05, 3.63) is 64.1 Å². The van der Waals surface area contributed by atoms with Crippen LogP contribution in [0.25, 0.3) is 0 Å². The molecule has 0 aromatic heterocycles. The number of amides is 3. The van der Waals surface area contributed by atoms with Gasteiger partial charge in [-0.3, -0.25) is 25.2 Å². The van der Waals surface area contributed by atoms with Gasteiger partial charge in [-0.1, -0.05) is 34.1 Å². The van der Waals surface area contributed by atoms with Crippen LogP contribution in [0.15, 0.2) is 53.0 Å². The summed E-state index contributed by atoms with van der Waals surface area (Å²) in [5.41, 5.74) is 7.03. The molecule has 0 aliphatic carbocycles. The normalized spacial score (nSPS) is 16.5. The quantitative estimate of drug-likeness (QED) is 0.756. The van der Waals surface area contributed by atoms with Crippen LogP contribution in [0, 0.1) is 12.8 Å². The van der Waals surface area contributed by atoms with Crippen molar-refractivity contribution in [2.45, 2.75) is 13.3 Å². The minimum absolute atomic E-state index is 0.0984. The minimum Gasteiger partial charge on any atom is -0.311 e. The molecule has 2 aromatic carbocycles. The first-order valence-electron chi connectivity index (χ1n) is 8.17. The van der Waals surface area contributed by atoms with Crippen molar-refractivity contribution in [1.82, 2.24) is 10.9 Å². The van der Waals surface area contributed by atoms with Gasteiger partial charge < -0.3 is 4.90 Å². The SMILES string of the molecule is Cc1ccccc1N1C[C@H](C(=O)NNC(=O)c2ccc(Br)cc2)CC1=O. The third kappa shape index (κ3) is 3.94. The fourth-order valence-electron chi connectivity index (χ4n) is 2.88. The van der Waals surface area contributed by atoms with E-state index >= 15 is 0 Å². The number of hydrogen-bond acceptors (Lipinski definition) is 3. The summed E-state index contributed by atoms with van der Waals surface area (Å²) in [6, 6.07) is 14.3. The standard InChI is InChI=1S/C19H18BrN3O3/c1-12-4-2-3-5-16(12)23-11-14(10-17(23)24)19(26)22-21-18(25)13-6-8-15(20)9-7-13/h2-9,14H,10-11H2,1H3,(H,21,25)(H,22,26)/t14-/m1/s1. The second-order valence-corrected chi connectivity index (χ2v) is 7.06. The molecule has 0 saturated carbocycles. The number of hydrogen-bond donors (Lipinski definition) is 2. The van der Waals surface area contributed by atoms with E-state index in [0.29, 0.717) is 12.1 Å². The molecule has 134 valence electrons. The summed E-state index contributed by atoms with van der Waals surface area (Å²) >= 11 is 3.30. The van der Waals surface area contributed by atoms with E-state index in [1.54, 1.807) is 29.2 Å². The molecule has 2 aromatic rings. The van der Waals surface area contributed by atoms with Gasteiger partial charge >= 0.3 is 0 Å². The largest absolute Gasteiger partial charge is 0.311 e. The van der Waals surface area contributed by atoms with Gasteiger partial charge in [-0.15, -0.1) is 0 Å². The third-order valence-electron chi connectivity index (χ3n) is 4.31. The molecule has 7 heteroatoms. The molecule has 3 amide bonds. The van der Waals surface area contributed by atoms with E-state index in [2.05, 4.69) is 26.8 Å². The van der Waals surface area contributed by atoms with Crippen molar-refractivity contribution in [3.63, 3.8) is 0 Å². The Morgan fingerprint density at radius 2 is 1.77 bits per heavy atom. The van der Waals surface area contributed by atoms with Gasteiger partial charge in [0.15, 0.2) is 0 Å². The Bertz CT molecular complexity index is 851. The first-order chi connectivity index (χ1) is 12.5. The maximum absolute atomic E-state index is 12.3. The summed E-state index contributed by atoms with van der Waals surface area (Å²) in [6.07, 6.45) is 0.119. The number of hydrazine groups is 1. The summed E-state index contributed by atoms with van der Waals surface area (Å²) < 4.78 is 0.860. The molecule has 1 heterocycles. The van der Waals surface area contributed by atoms with Gasteiger partial charge in [0.2, 0.25) is 11.8 Å². The third-order valence-corrected chi connectivity index (χ3v) is 4.84. The lowest BCUT2D eigenvalue weighted by atomic mass is 10.1. The van der Waals surface area contributed by atoms with Crippen LogP contribution >= 0.6 is 15.9 Å². The number of aryl methyl sites for hydroxylation is 1. The van der Waals surface area contributed by atoms with Crippen LogP contribution in [0.1, 0.15) is 22.3 Å². The topological polar surface area (TPSA) is 78.5 Å². The Morgan fingerprint density at radius 1 is 1.08 bits per heavy atom. The van der Waals surface area contributed by atoms with Gasteiger partial charge in [0.05, 0.1) is 5.92 Å². The smallest absolute Gasteiger partial charge is 0.269 e. The van der Waals surface area contributed by atoms with Crippen LogP contribution in [0.4, 0.5) is 5.69 Å². The molecule has 1 aliphatic heterocycles. The lowest BCUT2D eigenvalue weighted by Gasteiger charge is -2.19. The number of benzene rings is 2. The van der Waals surface area contributed by atoms with E-state index in [0.717, 1.165) is 15.7 Å². The fraction of sp³-hybridized carbons (Fsp3) is 0.211. The van der Waals surface area contributed by atoms with E-state index in [9.17, 15) is 14.4 Å². The Morgan fingerprint density at radius 3 is 2.46 bits per heavy atom. The summed E-state index contributed by atoms with van der Waals surface area (Å²) in [5.74, 6) is -1.39. The molecule has 1 aliphatic rings. The molecular weight excluding hydrogens is 398 g/mol. The zero-order valence-electron chi connectivity index (χ0n) is 14.2. The monoisotopic (exact) mass is 415 g/mol. The second-order valence-electron chi connectivity index (χ2n) is 6.14. The highest BCUT2D eigenvalue weighted by molar-refractivity contribution is 9.10. The average Bonchev–Trinajstić information content (AvgIpc) is 3.02. The summed E-state index contributed by atoms with van der Waals surface area (Å²) in [7, 11) is 0. The van der Waals surface area contributed by atoms with Gasteiger partial charge in [0.25, 0.3) is 5.91 Å². The molecule has 1 saturated heterocycles. The van der Waals surface area contributed by atoms with Crippen molar-refractivity contribution in [2.24, 2.45) is 5.92 Å². The second kappa shape index (κ2) is 7.70. The number of carbonyl (C=O) groups is 3. The van der Waals surface area contributed by atoms with E-state index in [-0.39, 0.29) is 18.2 Å². The Labute approximate surface area is 159 Å². The van der Waals surface area contributed by atoms with Crippen LogP contribution in [0.5, 0.6) is 0 Å². The van der Waals surface area contributed by atoms with Crippen molar-refractivity contribution in [2.75, 3.05) is 11.4 Å². The Hall–Kier alpha value is -2.67. The molecule has 0 bridgehead atoms. The predicted octanol–water partition coefficient (Wildman–Crippen LogP) is 2.57. The molecule has 2 N–H and O–H groups in total. The van der Waals surface area contributed by atoms with Gasteiger partial charge in [-0.05, 0) is 42.8 Å². The maximum atomic E-state index is 12.3. The highest BCUT2D eigenvalue weighted by Crippen LogP contribution is 2.27. The van der Waals surface area contributed by atoms with Crippen LogP contribution in [0.2, 0.25) is 0 Å². The first kappa shape index (κ1) is 18.1. The van der Waals surface area contributed by atoms with Crippen molar-refractivity contribution in [3.8, 4) is 0 Å². The highest BCUT2D eigenvalue weighted by Gasteiger charge is 2.35. The number of halogens is 1. The zero-order chi connectivity index (χ0) is 18.7. The Kier molecular flexibility index (Phi) is 5.37. The van der Waals surface area contributed by atoms with E-state index in [1.165, 1.54) is 0 Å². The lowest BCUT2D eigenvalue weighted by molar-refractivity contribution is -0.126. The summed E-state index contributed by atoms with van der Waals surface area (Å²) in [6.45, 7) is 2.22. The first-order valence-corrected chi connectivity index (χ1v) is 8.97. The van der Waals surface area contributed by atoms with Crippen LogP contribution in [0.3, 0.4) is 0 Å². The lowest BCUT2D eigenvalue weighted by Crippen LogP contribution is -2.45. The van der Waals surface area contributed by atoms with E-state index in [1.807, 2.05) is 31.2 Å². The number of anilines is 1. The van der Waals surface area contributed by atoms with Gasteiger partial charge in [0.1, 0.15) is 0 Å². The highest BCUT2D eigenvalue weighted by atomic mass is 79.9. The molecule has 26 heavy (non-hydrogen) atoms. The predicted molar refractivity (Wildman–Crippen MR) is 101 cm³/mol. The molecule has 3 rings (SSSR count). The van der Waals surface area contributed by atoms with Gasteiger partial charge in [-0.2, -0.15) is 0 Å². The van der Waals surface area contributed by atoms with Crippen LogP contribution in [-0.2, 0) is 9.59 Å². The van der Waals surface area contributed by atoms with Crippen molar-refractivity contribution < 1.29 is 14.4 Å². The van der Waals surface area contributed by atoms with Gasteiger partial charge in [-0.25, -0.2) is 0 Å². The fourth-order valence-corrected chi connectivity index (χ4v) is 3.14. The van der Waals surface area contributed by atoms with Crippen molar-refractivity contribution in [1.29, 1.82) is 0 Å². The molecule has 0 radical (unpaired) electrons. The minimum atomic E-state index is -0.507. The molecule has 0 unspecified atom stereocenters. The molecule has 1 fully saturated rings. The molecule has 0 spiro atoms. The van der Waals surface area contributed by atoms with Gasteiger partial charge in [0, 0.05) is 28.7 Å². The molecule has 1 atom stereocenters. The van der Waals surface area contributed by atoms with E-state index in [4.69, 9.17) is 0 Å². The van der Waals surface area contributed by atoms with E-state index < -0.39 is 11.8 Å². The summed E-state index contributed by atoms with van der Waals surface area (Å²) in [5, 5.41) is 0. The average molecular weight is 416 g/mol. The molecule has 6 nitrogen and oxygen atoms in total. The number of para-hydroxylation sites is 1. The zero-order valence-corrected chi connectivity index (χ0v) is 15.7.